The van der Waals surface area contributed by atoms with Gasteiger partial charge in [-0.2, -0.15) is 0 Å². The number of hydrogen-bond acceptors (Lipinski definition) is 4. The van der Waals surface area contributed by atoms with Crippen LogP contribution in [0.25, 0.3) is 0 Å². The molecule has 1 heterocycles. The molecule has 0 aliphatic carbocycles. The number of carbonyl (C=O) groups excluding carboxylic acids is 1. The number of pyridine rings is 1. The van der Waals surface area contributed by atoms with Gasteiger partial charge in [0.2, 0.25) is 5.88 Å². The van der Waals surface area contributed by atoms with Crippen LogP contribution in [0.1, 0.15) is 22.8 Å². The van der Waals surface area contributed by atoms with Gasteiger partial charge in [-0.3, -0.25) is 4.79 Å². The van der Waals surface area contributed by atoms with Gasteiger partial charge in [0.15, 0.2) is 0 Å². The molecular formula is C16H19N3O2. The number of aromatic nitrogens is 1. The van der Waals surface area contributed by atoms with E-state index in [1.54, 1.807) is 25.4 Å². The zero-order valence-corrected chi connectivity index (χ0v) is 12.4. The SMILES string of the molecule is CCNc1ccc(C(=O)Nc2ccc(OC)nc2)c(C)c1. The molecule has 0 saturated carbocycles. The van der Waals surface area contributed by atoms with Crippen molar-refractivity contribution in [3.8, 4) is 5.88 Å². The van der Waals surface area contributed by atoms with E-state index < -0.39 is 0 Å². The van der Waals surface area contributed by atoms with Crippen LogP contribution in [0.2, 0.25) is 0 Å². The summed E-state index contributed by atoms with van der Waals surface area (Å²) in [4.78, 5) is 16.3. The van der Waals surface area contributed by atoms with E-state index in [4.69, 9.17) is 4.74 Å². The maximum Gasteiger partial charge on any atom is 0.255 e. The Morgan fingerprint density at radius 2 is 2.00 bits per heavy atom. The molecule has 0 unspecified atom stereocenters. The summed E-state index contributed by atoms with van der Waals surface area (Å²) >= 11 is 0. The zero-order valence-electron chi connectivity index (χ0n) is 12.4. The van der Waals surface area contributed by atoms with Gasteiger partial charge in [-0.15, -0.1) is 0 Å². The number of nitrogens with one attached hydrogen (secondary N) is 2. The predicted octanol–water partition coefficient (Wildman–Crippen LogP) is 3.08. The van der Waals surface area contributed by atoms with Gasteiger partial charge in [0.05, 0.1) is 19.0 Å². The van der Waals surface area contributed by atoms with Crippen LogP contribution in [0, 0.1) is 6.92 Å². The summed E-state index contributed by atoms with van der Waals surface area (Å²) in [6, 6.07) is 9.14. The molecule has 0 spiro atoms. The third kappa shape index (κ3) is 3.72. The molecule has 5 heteroatoms. The van der Waals surface area contributed by atoms with Crippen molar-refractivity contribution >= 4 is 17.3 Å². The fraction of sp³-hybridized carbons (Fsp3) is 0.250. The fourth-order valence-corrected chi connectivity index (χ4v) is 2.01. The van der Waals surface area contributed by atoms with Gasteiger partial charge in [0, 0.05) is 23.9 Å². The second-order valence-corrected chi connectivity index (χ2v) is 4.60. The summed E-state index contributed by atoms with van der Waals surface area (Å²) in [5.74, 6) is 0.363. The van der Waals surface area contributed by atoms with Crippen LogP contribution in [-0.2, 0) is 0 Å². The van der Waals surface area contributed by atoms with Crippen LogP contribution >= 0.6 is 0 Å². The maximum absolute atomic E-state index is 12.3. The molecule has 1 aromatic carbocycles. The van der Waals surface area contributed by atoms with E-state index in [0.717, 1.165) is 17.8 Å². The van der Waals surface area contributed by atoms with Crippen molar-refractivity contribution < 1.29 is 9.53 Å². The minimum atomic E-state index is -0.150. The lowest BCUT2D eigenvalue weighted by Crippen LogP contribution is -2.13. The number of rotatable bonds is 5. The summed E-state index contributed by atoms with van der Waals surface area (Å²) in [7, 11) is 1.55. The summed E-state index contributed by atoms with van der Waals surface area (Å²) < 4.78 is 4.98. The van der Waals surface area contributed by atoms with Gasteiger partial charge in [-0.1, -0.05) is 0 Å². The molecule has 0 fully saturated rings. The number of ether oxygens (including phenoxy) is 1. The van der Waals surface area contributed by atoms with Gasteiger partial charge in [0.25, 0.3) is 5.91 Å². The third-order valence-electron chi connectivity index (χ3n) is 3.06. The van der Waals surface area contributed by atoms with Crippen LogP contribution in [0.3, 0.4) is 0 Å². The molecule has 0 bridgehead atoms. The highest BCUT2D eigenvalue weighted by Gasteiger charge is 2.10. The molecule has 1 amide bonds. The number of methoxy groups -OCH3 is 1. The average molecular weight is 285 g/mol. The van der Waals surface area contributed by atoms with Crippen molar-refractivity contribution in [1.29, 1.82) is 0 Å². The lowest BCUT2D eigenvalue weighted by atomic mass is 10.1. The first-order valence-corrected chi connectivity index (χ1v) is 6.80. The predicted molar refractivity (Wildman–Crippen MR) is 84.1 cm³/mol. The number of benzene rings is 1. The van der Waals surface area contributed by atoms with Gasteiger partial charge in [-0.25, -0.2) is 4.98 Å². The molecule has 110 valence electrons. The molecule has 0 radical (unpaired) electrons. The number of carbonyl (C=O) groups is 1. The van der Waals surface area contributed by atoms with Crippen molar-refractivity contribution in [2.45, 2.75) is 13.8 Å². The Bertz CT molecular complexity index is 624. The Balaban J connectivity index is 2.12. The van der Waals surface area contributed by atoms with Gasteiger partial charge < -0.3 is 15.4 Å². The van der Waals surface area contributed by atoms with E-state index in [1.807, 2.05) is 32.0 Å². The van der Waals surface area contributed by atoms with Crippen molar-refractivity contribution in [1.82, 2.24) is 4.98 Å². The highest BCUT2D eigenvalue weighted by molar-refractivity contribution is 6.05. The molecular weight excluding hydrogens is 266 g/mol. The molecule has 2 aromatic rings. The van der Waals surface area contributed by atoms with E-state index >= 15 is 0 Å². The van der Waals surface area contributed by atoms with Crippen molar-refractivity contribution in [2.24, 2.45) is 0 Å². The first-order valence-electron chi connectivity index (χ1n) is 6.80. The molecule has 0 aliphatic rings. The summed E-state index contributed by atoms with van der Waals surface area (Å²) in [6.07, 6.45) is 1.57. The summed E-state index contributed by atoms with van der Waals surface area (Å²) in [5.41, 5.74) is 3.22. The minimum absolute atomic E-state index is 0.150. The lowest BCUT2D eigenvalue weighted by Gasteiger charge is -2.10. The summed E-state index contributed by atoms with van der Waals surface area (Å²) in [6.45, 7) is 4.80. The van der Waals surface area contributed by atoms with E-state index in [-0.39, 0.29) is 5.91 Å². The van der Waals surface area contributed by atoms with E-state index in [0.29, 0.717) is 17.1 Å². The number of nitrogens with zero attached hydrogens (tertiary/aromatic N) is 1. The highest BCUT2D eigenvalue weighted by Crippen LogP contribution is 2.17. The topological polar surface area (TPSA) is 63.2 Å². The first-order chi connectivity index (χ1) is 10.1. The molecule has 0 saturated heterocycles. The Morgan fingerprint density at radius 1 is 1.24 bits per heavy atom. The Hall–Kier alpha value is -2.56. The number of anilines is 2. The van der Waals surface area contributed by atoms with Gasteiger partial charge in [-0.05, 0) is 43.7 Å². The Morgan fingerprint density at radius 3 is 2.57 bits per heavy atom. The number of hydrogen-bond donors (Lipinski definition) is 2. The van der Waals surface area contributed by atoms with Crippen LogP contribution < -0.4 is 15.4 Å². The van der Waals surface area contributed by atoms with Crippen molar-refractivity contribution in [3.63, 3.8) is 0 Å². The van der Waals surface area contributed by atoms with Gasteiger partial charge >= 0.3 is 0 Å². The molecule has 0 atom stereocenters. The van der Waals surface area contributed by atoms with E-state index in [2.05, 4.69) is 15.6 Å². The van der Waals surface area contributed by atoms with Crippen molar-refractivity contribution in [3.05, 3.63) is 47.7 Å². The monoisotopic (exact) mass is 285 g/mol. The largest absolute Gasteiger partial charge is 0.481 e. The second kappa shape index (κ2) is 6.74. The Labute approximate surface area is 124 Å². The fourth-order valence-electron chi connectivity index (χ4n) is 2.01. The highest BCUT2D eigenvalue weighted by atomic mass is 16.5. The van der Waals surface area contributed by atoms with Crippen molar-refractivity contribution in [2.75, 3.05) is 24.3 Å². The molecule has 2 rings (SSSR count). The smallest absolute Gasteiger partial charge is 0.255 e. The standard InChI is InChI=1S/C16H19N3O2/c1-4-17-12-5-7-14(11(2)9-12)16(20)19-13-6-8-15(21-3)18-10-13/h5-10,17H,4H2,1-3H3,(H,19,20). The van der Waals surface area contributed by atoms with Crippen LogP contribution in [-0.4, -0.2) is 24.5 Å². The molecule has 2 N–H and O–H groups in total. The lowest BCUT2D eigenvalue weighted by molar-refractivity contribution is 0.102. The normalized spacial score (nSPS) is 10.0. The summed E-state index contributed by atoms with van der Waals surface area (Å²) in [5, 5.41) is 6.05. The minimum Gasteiger partial charge on any atom is -0.481 e. The Kier molecular flexibility index (Phi) is 4.77. The number of aryl methyl sites for hydroxylation is 1. The average Bonchev–Trinajstić information content (AvgIpc) is 2.48. The van der Waals surface area contributed by atoms with Gasteiger partial charge in [0.1, 0.15) is 0 Å². The van der Waals surface area contributed by atoms with Crippen LogP contribution in [0.4, 0.5) is 11.4 Å². The first kappa shape index (κ1) is 14.8. The van der Waals surface area contributed by atoms with Crippen LogP contribution in [0.5, 0.6) is 5.88 Å². The zero-order chi connectivity index (χ0) is 15.2. The molecule has 5 nitrogen and oxygen atoms in total. The van der Waals surface area contributed by atoms with Crippen LogP contribution in [0.15, 0.2) is 36.5 Å². The van der Waals surface area contributed by atoms with E-state index in [1.165, 1.54) is 0 Å². The quantitative estimate of drug-likeness (QED) is 0.886. The second-order valence-electron chi connectivity index (χ2n) is 4.60. The molecule has 0 aliphatic heterocycles. The number of amides is 1. The van der Waals surface area contributed by atoms with E-state index in [9.17, 15) is 4.79 Å². The third-order valence-corrected chi connectivity index (χ3v) is 3.06. The molecule has 1 aromatic heterocycles. The maximum atomic E-state index is 12.3. The molecule has 21 heavy (non-hydrogen) atoms.